The quantitative estimate of drug-likeness (QED) is 0.804. The maximum absolute atomic E-state index is 12.1. The molecule has 2 rings (SSSR count). The lowest BCUT2D eigenvalue weighted by Gasteiger charge is -2.09. The van der Waals surface area contributed by atoms with E-state index in [0.717, 1.165) is 11.1 Å². The summed E-state index contributed by atoms with van der Waals surface area (Å²) in [7, 11) is 0. The monoisotopic (exact) mass is 355 g/mol. The highest BCUT2D eigenvalue weighted by Gasteiger charge is 2.14. The summed E-state index contributed by atoms with van der Waals surface area (Å²) in [5.74, 6) is -1.43. The number of ether oxygens (including phenoxy) is 2. The van der Waals surface area contributed by atoms with Crippen molar-refractivity contribution in [3.8, 4) is 0 Å². The van der Waals surface area contributed by atoms with Crippen LogP contribution in [0.3, 0.4) is 0 Å². The summed E-state index contributed by atoms with van der Waals surface area (Å²) in [6.45, 7) is 5.36. The van der Waals surface area contributed by atoms with Gasteiger partial charge >= 0.3 is 11.9 Å². The third-order valence-electron chi connectivity index (χ3n) is 3.84. The van der Waals surface area contributed by atoms with Crippen molar-refractivity contribution in [2.45, 2.75) is 20.8 Å². The van der Waals surface area contributed by atoms with E-state index in [1.807, 2.05) is 19.9 Å². The molecular formula is C20H21NO5. The Morgan fingerprint density at radius 3 is 2.27 bits per heavy atom. The summed E-state index contributed by atoms with van der Waals surface area (Å²) in [6.07, 6.45) is 0. The molecule has 0 heterocycles. The van der Waals surface area contributed by atoms with Crippen LogP contribution in [0.2, 0.25) is 0 Å². The number of aryl methyl sites for hydroxylation is 1. The largest absolute Gasteiger partial charge is 0.462 e. The van der Waals surface area contributed by atoms with Crippen molar-refractivity contribution in [2.24, 2.45) is 0 Å². The van der Waals surface area contributed by atoms with E-state index in [0.29, 0.717) is 23.4 Å². The fourth-order valence-electron chi connectivity index (χ4n) is 2.28. The first-order chi connectivity index (χ1) is 12.4. The molecule has 0 aliphatic rings. The molecule has 0 aliphatic carbocycles. The lowest BCUT2D eigenvalue weighted by molar-refractivity contribution is -0.119. The van der Waals surface area contributed by atoms with Crippen LogP contribution in [-0.4, -0.2) is 31.1 Å². The van der Waals surface area contributed by atoms with E-state index in [1.54, 1.807) is 43.3 Å². The second-order valence-electron chi connectivity index (χ2n) is 5.67. The zero-order valence-corrected chi connectivity index (χ0v) is 15.0. The number of anilines is 1. The maximum atomic E-state index is 12.1. The average Bonchev–Trinajstić information content (AvgIpc) is 2.63. The van der Waals surface area contributed by atoms with Crippen LogP contribution in [0.15, 0.2) is 42.5 Å². The summed E-state index contributed by atoms with van der Waals surface area (Å²) in [5.41, 5.74) is 3.13. The normalized spacial score (nSPS) is 10.1. The van der Waals surface area contributed by atoms with Gasteiger partial charge in [-0.25, -0.2) is 9.59 Å². The van der Waals surface area contributed by atoms with Crippen molar-refractivity contribution in [1.82, 2.24) is 0 Å². The van der Waals surface area contributed by atoms with E-state index in [2.05, 4.69) is 5.32 Å². The van der Waals surface area contributed by atoms with Crippen LogP contribution in [0.1, 0.15) is 38.8 Å². The standard InChI is InChI=1S/C20H21NO5/c1-4-25-19(23)15-8-10-16(11-9-15)21-18(22)12-26-20(24)17-7-5-6-13(2)14(17)3/h5-11H,4,12H2,1-3H3,(H,21,22). The molecule has 6 nitrogen and oxygen atoms in total. The molecule has 0 saturated heterocycles. The van der Waals surface area contributed by atoms with Gasteiger partial charge in [0.2, 0.25) is 0 Å². The van der Waals surface area contributed by atoms with E-state index in [4.69, 9.17) is 9.47 Å². The molecule has 0 bridgehead atoms. The van der Waals surface area contributed by atoms with E-state index in [9.17, 15) is 14.4 Å². The zero-order chi connectivity index (χ0) is 19.1. The SMILES string of the molecule is CCOC(=O)c1ccc(NC(=O)COC(=O)c2cccc(C)c2C)cc1. The number of esters is 2. The minimum absolute atomic E-state index is 0.295. The van der Waals surface area contributed by atoms with Crippen LogP contribution in [0.25, 0.3) is 0 Å². The van der Waals surface area contributed by atoms with Gasteiger partial charge in [0.15, 0.2) is 6.61 Å². The van der Waals surface area contributed by atoms with Crippen LogP contribution in [0, 0.1) is 13.8 Å². The lowest BCUT2D eigenvalue weighted by Crippen LogP contribution is -2.21. The Kier molecular flexibility index (Phi) is 6.49. The summed E-state index contributed by atoms with van der Waals surface area (Å²) in [4.78, 5) is 35.6. The van der Waals surface area contributed by atoms with Crippen LogP contribution in [0.5, 0.6) is 0 Å². The number of amides is 1. The Bertz CT molecular complexity index is 811. The summed E-state index contributed by atoms with van der Waals surface area (Å²) in [5, 5.41) is 2.60. The molecule has 2 aromatic rings. The molecule has 0 radical (unpaired) electrons. The number of carbonyl (C=O) groups is 3. The zero-order valence-electron chi connectivity index (χ0n) is 15.0. The first kappa shape index (κ1) is 19.2. The first-order valence-corrected chi connectivity index (χ1v) is 8.22. The van der Waals surface area contributed by atoms with Gasteiger partial charge in [0, 0.05) is 5.69 Å². The van der Waals surface area contributed by atoms with Crippen LogP contribution < -0.4 is 5.32 Å². The summed E-state index contributed by atoms with van der Waals surface area (Å²) < 4.78 is 9.96. The average molecular weight is 355 g/mol. The molecule has 136 valence electrons. The lowest BCUT2D eigenvalue weighted by atomic mass is 10.0. The first-order valence-electron chi connectivity index (χ1n) is 8.22. The molecule has 6 heteroatoms. The molecule has 0 atom stereocenters. The highest BCUT2D eigenvalue weighted by Crippen LogP contribution is 2.14. The van der Waals surface area contributed by atoms with Gasteiger partial charge in [-0.15, -0.1) is 0 Å². The molecular weight excluding hydrogens is 334 g/mol. The minimum Gasteiger partial charge on any atom is -0.462 e. The fraction of sp³-hybridized carbons (Fsp3) is 0.250. The van der Waals surface area contributed by atoms with E-state index >= 15 is 0 Å². The van der Waals surface area contributed by atoms with Crippen molar-refractivity contribution < 1.29 is 23.9 Å². The second-order valence-corrected chi connectivity index (χ2v) is 5.67. The Labute approximate surface area is 152 Å². The highest BCUT2D eigenvalue weighted by atomic mass is 16.5. The van der Waals surface area contributed by atoms with Crippen LogP contribution in [0.4, 0.5) is 5.69 Å². The van der Waals surface area contributed by atoms with E-state index in [1.165, 1.54) is 0 Å². The van der Waals surface area contributed by atoms with Crippen LogP contribution >= 0.6 is 0 Å². The predicted octanol–water partition coefficient (Wildman–Crippen LogP) is 3.28. The molecule has 1 amide bonds. The van der Waals surface area contributed by atoms with Gasteiger partial charge in [-0.1, -0.05) is 12.1 Å². The molecule has 0 spiro atoms. The smallest absolute Gasteiger partial charge is 0.338 e. The molecule has 0 aliphatic heterocycles. The molecule has 1 N–H and O–H groups in total. The Hall–Kier alpha value is -3.15. The number of nitrogens with one attached hydrogen (secondary N) is 1. The van der Waals surface area contributed by atoms with Crippen molar-refractivity contribution in [3.05, 3.63) is 64.7 Å². The van der Waals surface area contributed by atoms with E-state index in [-0.39, 0.29) is 0 Å². The molecule has 26 heavy (non-hydrogen) atoms. The van der Waals surface area contributed by atoms with Gasteiger partial charge in [-0.2, -0.15) is 0 Å². The molecule has 0 fully saturated rings. The Morgan fingerprint density at radius 2 is 1.62 bits per heavy atom. The van der Waals surface area contributed by atoms with Crippen molar-refractivity contribution in [2.75, 3.05) is 18.5 Å². The van der Waals surface area contributed by atoms with E-state index < -0.39 is 24.5 Å². The van der Waals surface area contributed by atoms with Gasteiger partial charge in [0.05, 0.1) is 17.7 Å². The molecule has 0 aromatic heterocycles. The van der Waals surface area contributed by atoms with Crippen molar-refractivity contribution in [3.63, 3.8) is 0 Å². The summed E-state index contributed by atoms with van der Waals surface area (Å²) in [6, 6.07) is 11.6. The topological polar surface area (TPSA) is 81.7 Å². The van der Waals surface area contributed by atoms with Gasteiger partial charge in [0.1, 0.15) is 0 Å². The predicted molar refractivity (Wildman–Crippen MR) is 97.2 cm³/mol. The summed E-state index contributed by atoms with van der Waals surface area (Å²) >= 11 is 0. The van der Waals surface area contributed by atoms with Gasteiger partial charge in [-0.05, 0) is 62.2 Å². The number of benzene rings is 2. The fourth-order valence-corrected chi connectivity index (χ4v) is 2.28. The van der Waals surface area contributed by atoms with Crippen LogP contribution in [-0.2, 0) is 14.3 Å². The van der Waals surface area contributed by atoms with Gasteiger partial charge < -0.3 is 14.8 Å². The Morgan fingerprint density at radius 1 is 0.923 bits per heavy atom. The van der Waals surface area contributed by atoms with Gasteiger partial charge in [0.25, 0.3) is 5.91 Å². The molecule has 2 aromatic carbocycles. The number of hydrogen-bond donors (Lipinski definition) is 1. The highest BCUT2D eigenvalue weighted by molar-refractivity contribution is 5.96. The van der Waals surface area contributed by atoms with Crippen molar-refractivity contribution >= 4 is 23.5 Å². The number of rotatable bonds is 6. The van der Waals surface area contributed by atoms with Gasteiger partial charge in [-0.3, -0.25) is 4.79 Å². The second kappa shape index (κ2) is 8.80. The van der Waals surface area contributed by atoms with Crippen molar-refractivity contribution in [1.29, 1.82) is 0 Å². The third kappa shape index (κ3) is 4.92. The third-order valence-corrected chi connectivity index (χ3v) is 3.84. The maximum Gasteiger partial charge on any atom is 0.338 e. The molecule has 0 saturated carbocycles. The number of carbonyl (C=O) groups excluding carboxylic acids is 3. The number of hydrogen-bond acceptors (Lipinski definition) is 5. The minimum atomic E-state index is -0.543. The molecule has 0 unspecified atom stereocenters. The Balaban J connectivity index is 1.89.